The van der Waals surface area contributed by atoms with Gasteiger partial charge < -0.3 is 5.32 Å². The van der Waals surface area contributed by atoms with Gasteiger partial charge in [-0.05, 0) is 67.6 Å². The summed E-state index contributed by atoms with van der Waals surface area (Å²) >= 11 is 0. The second kappa shape index (κ2) is 11.3. The molecule has 192 valence electrons. The Kier molecular flexibility index (Phi) is 7.96. The maximum Gasteiger partial charge on any atom is 0.249 e. The lowest BCUT2D eigenvalue weighted by atomic mass is 10.0. The molecule has 0 saturated carbocycles. The summed E-state index contributed by atoms with van der Waals surface area (Å²) in [5.41, 5.74) is 4.40. The Bertz CT molecular complexity index is 1400. The molecular weight excluding hydrogens is 469 g/mol. The second-order valence-corrected chi connectivity index (χ2v) is 9.72. The molecule has 8 heteroatoms. The Morgan fingerprint density at radius 2 is 1.76 bits per heavy atom. The molecule has 2 amide bonds. The van der Waals surface area contributed by atoms with Crippen molar-refractivity contribution in [3.8, 4) is 0 Å². The highest BCUT2D eigenvalue weighted by Gasteiger charge is 2.34. The van der Waals surface area contributed by atoms with Gasteiger partial charge in [0.15, 0.2) is 0 Å². The maximum absolute atomic E-state index is 14.0. The third kappa shape index (κ3) is 6.02. The van der Waals surface area contributed by atoms with Crippen molar-refractivity contribution < 1.29 is 14.0 Å². The highest BCUT2D eigenvalue weighted by molar-refractivity contribution is 6.02. The number of aromatic nitrogens is 3. The number of nitrogens with one attached hydrogen (secondary N) is 1. The number of carbonyl (C=O) groups is 2. The van der Waals surface area contributed by atoms with Crippen LogP contribution in [0.25, 0.3) is 11.0 Å². The zero-order valence-corrected chi connectivity index (χ0v) is 21.6. The van der Waals surface area contributed by atoms with Crippen molar-refractivity contribution >= 4 is 28.5 Å². The van der Waals surface area contributed by atoms with Crippen molar-refractivity contribution in [3.63, 3.8) is 0 Å². The number of anilines is 1. The summed E-state index contributed by atoms with van der Waals surface area (Å²) < 4.78 is 15.4. The number of amides is 2. The fraction of sp³-hybridized carbons (Fsp3) is 0.310. The van der Waals surface area contributed by atoms with Gasteiger partial charge in [0.1, 0.15) is 23.9 Å². The van der Waals surface area contributed by atoms with Gasteiger partial charge in [0, 0.05) is 12.2 Å². The molecule has 1 aromatic heterocycles. The average molecular weight is 502 g/mol. The zero-order valence-electron chi connectivity index (χ0n) is 21.6. The summed E-state index contributed by atoms with van der Waals surface area (Å²) in [6, 6.07) is 17.8. The topological polar surface area (TPSA) is 80.1 Å². The third-order valence-corrected chi connectivity index (χ3v) is 6.30. The van der Waals surface area contributed by atoms with Crippen molar-refractivity contribution in [1.82, 2.24) is 20.3 Å². The maximum atomic E-state index is 14.0. The number of aryl methyl sites for hydroxylation is 2. The normalized spacial score (nSPS) is 12.1. The van der Waals surface area contributed by atoms with Crippen molar-refractivity contribution in [1.29, 1.82) is 0 Å². The molecule has 37 heavy (non-hydrogen) atoms. The quantitative estimate of drug-likeness (QED) is 0.345. The lowest BCUT2D eigenvalue weighted by molar-refractivity contribution is -0.127. The number of benzene rings is 3. The predicted molar refractivity (Wildman–Crippen MR) is 143 cm³/mol. The van der Waals surface area contributed by atoms with Crippen molar-refractivity contribution in [2.24, 2.45) is 5.92 Å². The number of fused-ring (bicyclic) bond motifs is 1. The van der Waals surface area contributed by atoms with Gasteiger partial charge in [-0.2, -0.15) is 0 Å². The van der Waals surface area contributed by atoms with Crippen LogP contribution >= 0.6 is 0 Å². The van der Waals surface area contributed by atoms with E-state index in [0.29, 0.717) is 29.2 Å². The van der Waals surface area contributed by atoms with Crippen molar-refractivity contribution in [2.75, 3.05) is 11.4 Å². The van der Waals surface area contributed by atoms with Gasteiger partial charge in [-0.3, -0.25) is 14.5 Å². The number of nitrogens with zero attached hydrogens (tertiary/aromatic N) is 4. The number of carbonyl (C=O) groups excluding carboxylic acids is 2. The van der Waals surface area contributed by atoms with Crippen LogP contribution in [0.5, 0.6) is 0 Å². The van der Waals surface area contributed by atoms with E-state index < -0.39 is 11.9 Å². The van der Waals surface area contributed by atoms with Crippen LogP contribution in [0, 0.1) is 25.6 Å². The van der Waals surface area contributed by atoms with Crippen LogP contribution in [0.2, 0.25) is 0 Å². The van der Waals surface area contributed by atoms with Crippen molar-refractivity contribution in [3.05, 3.63) is 89.2 Å². The largest absolute Gasteiger partial charge is 0.354 e. The van der Waals surface area contributed by atoms with Crippen LogP contribution in [-0.4, -0.2) is 33.4 Å². The molecule has 1 atom stereocenters. The highest BCUT2D eigenvalue weighted by Crippen LogP contribution is 2.32. The predicted octanol–water partition coefficient (Wildman–Crippen LogP) is 5.12. The molecule has 0 aliphatic heterocycles. The SMILES string of the molecule is Cc1ccc(N(C(=O)Cn2nnc3ccccc32)C(C(=O)NCCC(C)C)c2ccc(F)cc2)c(C)c1. The van der Waals surface area contributed by atoms with Crippen molar-refractivity contribution in [2.45, 2.75) is 46.7 Å². The molecule has 0 spiro atoms. The molecule has 0 fully saturated rings. The van der Waals surface area contributed by atoms with E-state index in [4.69, 9.17) is 0 Å². The molecule has 0 radical (unpaired) electrons. The summed E-state index contributed by atoms with van der Waals surface area (Å²) in [7, 11) is 0. The number of hydrogen-bond acceptors (Lipinski definition) is 4. The standard InChI is InChI=1S/C29H32FN5O2/c1-19(2)15-16-31-29(37)28(22-10-12-23(30)13-11-22)35(25-14-9-20(3)17-21(25)4)27(36)18-34-26-8-6-5-7-24(26)32-33-34/h5-14,17,19,28H,15-16,18H2,1-4H3,(H,31,37). The monoisotopic (exact) mass is 501 g/mol. The van der Waals surface area contributed by atoms with E-state index in [0.717, 1.165) is 23.1 Å². The van der Waals surface area contributed by atoms with Crippen LogP contribution < -0.4 is 10.2 Å². The minimum atomic E-state index is -1.00. The molecule has 1 unspecified atom stereocenters. The molecule has 7 nitrogen and oxygen atoms in total. The molecule has 1 N–H and O–H groups in total. The van der Waals surface area contributed by atoms with Gasteiger partial charge in [-0.25, -0.2) is 9.07 Å². The van der Waals surface area contributed by atoms with Gasteiger partial charge in [0.2, 0.25) is 11.8 Å². The zero-order chi connectivity index (χ0) is 26.5. The lowest BCUT2D eigenvalue weighted by Gasteiger charge is -2.33. The first-order valence-corrected chi connectivity index (χ1v) is 12.5. The van der Waals surface area contributed by atoms with E-state index >= 15 is 0 Å². The van der Waals surface area contributed by atoms with Crippen LogP contribution in [0.3, 0.4) is 0 Å². The number of hydrogen-bond donors (Lipinski definition) is 1. The summed E-state index contributed by atoms with van der Waals surface area (Å²) in [5.74, 6) is -0.677. The molecule has 4 rings (SSSR count). The number of para-hydroxylation sites is 1. The molecular formula is C29H32FN5O2. The number of rotatable bonds is 9. The minimum Gasteiger partial charge on any atom is -0.354 e. The van der Waals surface area contributed by atoms with Crippen LogP contribution in [0.1, 0.15) is 43.0 Å². The smallest absolute Gasteiger partial charge is 0.249 e. The molecule has 0 saturated heterocycles. The summed E-state index contributed by atoms with van der Waals surface area (Å²) in [4.78, 5) is 29.2. The third-order valence-electron chi connectivity index (χ3n) is 6.30. The summed E-state index contributed by atoms with van der Waals surface area (Å²) in [6.45, 7) is 8.39. The van der Waals surface area contributed by atoms with Gasteiger partial charge in [0.05, 0.1) is 5.52 Å². The van der Waals surface area contributed by atoms with Crippen LogP contribution in [0.4, 0.5) is 10.1 Å². The summed E-state index contributed by atoms with van der Waals surface area (Å²) in [6.07, 6.45) is 0.796. The molecule has 3 aromatic carbocycles. The van der Waals surface area contributed by atoms with Gasteiger partial charge in [0.25, 0.3) is 0 Å². The van der Waals surface area contributed by atoms with Gasteiger partial charge in [-0.15, -0.1) is 5.10 Å². The van der Waals surface area contributed by atoms with E-state index in [-0.39, 0.29) is 18.4 Å². The Labute approximate surface area is 216 Å². The van der Waals surface area contributed by atoms with E-state index in [1.54, 1.807) is 12.1 Å². The molecule has 0 aliphatic rings. The minimum absolute atomic E-state index is 0.120. The first-order chi connectivity index (χ1) is 17.7. The van der Waals surface area contributed by atoms with Crippen LogP contribution in [-0.2, 0) is 16.1 Å². The van der Waals surface area contributed by atoms with E-state index in [2.05, 4.69) is 29.5 Å². The van der Waals surface area contributed by atoms with E-state index in [9.17, 15) is 14.0 Å². The Morgan fingerprint density at radius 1 is 1.03 bits per heavy atom. The second-order valence-electron chi connectivity index (χ2n) is 9.72. The molecule has 4 aromatic rings. The van der Waals surface area contributed by atoms with E-state index in [1.165, 1.54) is 21.7 Å². The Balaban J connectivity index is 1.79. The highest BCUT2D eigenvalue weighted by atomic mass is 19.1. The first-order valence-electron chi connectivity index (χ1n) is 12.5. The average Bonchev–Trinajstić information content (AvgIpc) is 3.26. The fourth-order valence-electron chi connectivity index (χ4n) is 4.38. The fourth-order valence-corrected chi connectivity index (χ4v) is 4.38. The molecule has 0 bridgehead atoms. The first kappa shape index (κ1) is 26.0. The Morgan fingerprint density at radius 3 is 2.46 bits per heavy atom. The number of halogens is 1. The van der Waals surface area contributed by atoms with Gasteiger partial charge in [-0.1, -0.05) is 61.0 Å². The van der Waals surface area contributed by atoms with E-state index in [1.807, 2.05) is 56.3 Å². The summed E-state index contributed by atoms with van der Waals surface area (Å²) in [5, 5.41) is 11.3. The molecule has 0 aliphatic carbocycles. The Hall–Kier alpha value is -4.07. The lowest BCUT2D eigenvalue weighted by Crippen LogP contribution is -2.46. The van der Waals surface area contributed by atoms with Crippen LogP contribution in [0.15, 0.2) is 66.7 Å². The molecule has 1 heterocycles. The van der Waals surface area contributed by atoms with Gasteiger partial charge >= 0.3 is 0 Å².